The highest BCUT2D eigenvalue weighted by molar-refractivity contribution is 5.16. The van der Waals surface area contributed by atoms with Crippen molar-refractivity contribution in [2.24, 2.45) is 0 Å². The van der Waals surface area contributed by atoms with E-state index in [0.29, 0.717) is 0 Å². The van der Waals surface area contributed by atoms with Gasteiger partial charge in [0.25, 0.3) is 0 Å². The van der Waals surface area contributed by atoms with E-state index >= 15 is 0 Å². The average molecular weight is 100 g/mol. The highest BCUT2D eigenvalue weighted by Gasteiger charge is 1.70. The molecule has 0 nitrogen and oxygen atoms in total. The molecule has 0 N–H and O–H groups in total. The van der Waals surface area contributed by atoms with Gasteiger partial charge in [-0.1, -0.05) is 36.3 Å². The average Bonchev–Trinajstić information content (AvgIpc) is 2.23. The first-order valence-electron chi connectivity index (χ1n) is 5.75. The van der Waals surface area contributed by atoms with Gasteiger partial charge in [0.2, 0.25) is 0 Å². The van der Waals surface area contributed by atoms with Gasteiger partial charge in [-0.25, -0.2) is 0 Å². The third kappa shape index (κ3) is 1.40. The zero-order valence-electron chi connectivity index (χ0n) is 11.5. The Labute approximate surface area is 55.1 Å². The molecule has 0 aromatic heterocycles. The minimum atomic E-state index is -2.58. The molecule has 1 aliphatic carbocycles. The summed E-state index contributed by atoms with van der Waals surface area (Å²) in [5.41, 5.74) is 0. The second kappa shape index (κ2) is 2.40. The Kier molecular flexibility index (Phi) is 0.288. The van der Waals surface area contributed by atoms with E-state index in [0.717, 1.165) is 0 Å². The largest absolute Gasteiger partial charge is 0.0807 e. The van der Waals surface area contributed by atoms with Gasteiger partial charge in [0, 0.05) is 2.74 Å². The zero-order valence-corrected chi connectivity index (χ0v) is 3.50. The van der Waals surface area contributed by atoms with Crippen LogP contribution in [0.1, 0.15) is 17.3 Å². The van der Waals surface area contributed by atoms with Crippen LogP contribution in [0.5, 0.6) is 0 Å². The molecule has 7 heavy (non-hydrogen) atoms. The smallest absolute Gasteiger partial charge is 0.0623 e. The Bertz CT molecular complexity index is 363. The van der Waals surface area contributed by atoms with Crippen LogP contribution in [-0.4, -0.2) is 0 Å². The lowest BCUT2D eigenvalue weighted by Gasteiger charge is -1.69. The molecule has 1 rings (SSSR count). The fourth-order valence-corrected chi connectivity index (χ4v) is 0.219. The van der Waals surface area contributed by atoms with Crippen LogP contribution in [0.3, 0.4) is 0 Å². The molecule has 0 heteroatoms. The third-order valence-electron chi connectivity index (χ3n) is 0.438. The van der Waals surface area contributed by atoms with Crippen LogP contribution in [-0.2, 0) is 0 Å². The molecule has 0 bridgehead atoms. The van der Waals surface area contributed by atoms with Crippen molar-refractivity contribution in [1.29, 1.82) is 0 Å². The molecule has 0 radical (unpaired) electrons. The molecule has 0 heterocycles. The lowest BCUT2D eigenvalue weighted by molar-refractivity contribution is 1.41. The molecular formula is C7H8. The Morgan fingerprint density at radius 3 is 2.29 bits per heavy atom. The molecule has 0 fully saturated rings. The van der Waals surface area contributed by atoms with E-state index < -0.39 is 42.7 Å². The van der Waals surface area contributed by atoms with Crippen LogP contribution >= 0.6 is 0 Å². The van der Waals surface area contributed by atoms with Gasteiger partial charge in [-0.05, 0) is 6.37 Å². The van der Waals surface area contributed by atoms with Crippen molar-refractivity contribution >= 4 is 0 Å². The van der Waals surface area contributed by atoms with E-state index in [4.69, 9.17) is 11.0 Å². The minimum absolute atomic E-state index is 0.698. The van der Waals surface area contributed by atoms with Crippen LogP contribution in [0.4, 0.5) is 0 Å². The van der Waals surface area contributed by atoms with Crippen molar-refractivity contribution in [3.05, 3.63) is 36.3 Å². The number of rotatable bonds is 0. The van der Waals surface area contributed by atoms with E-state index in [1.54, 1.807) is 0 Å². The molecule has 0 spiro atoms. The fraction of sp³-hybridized carbons (Fsp3) is 0.143. The van der Waals surface area contributed by atoms with Crippen LogP contribution in [0, 0.1) is 0 Å². The number of hydrogen-bond donors (Lipinski definition) is 0. The Morgan fingerprint density at radius 1 is 1.14 bits per heavy atom. The first kappa shape index (κ1) is 0.838. The molecule has 0 unspecified atom stereocenters. The third-order valence-corrected chi connectivity index (χ3v) is 0.438. The van der Waals surface area contributed by atoms with Crippen molar-refractivity contribution in [3.63, 3.8) is 0 Å². The quantitative estimate of drug-likeness (QED) is 0.437. The summed E-state index contributed by atoms with van der Waals surface area (Å²) >= 11 is 0. The molecule has 0 saturated carbocycles. The molecule has 0 aliphatic heterocycles. The van der Waals surface area contributed by atoms with Crippen molar-refractivity contribution in [2.75, 3.05) is 0 Å². The maximum absolute atomic E-state index is 7.36. The maximum atomic E-state index is 7.36. The Morgan fingerprint density at radius 2 is 1.71 bits per heavy atom. The van der Waals surface area contributed by atoms with E-state index in [-0.39, 0.29) is 0 Å². The molecule has 0 amide bonds. The van der Waals surface area contributed by atoms with E-state index in [2.05, 4.69) is 0 Å². The van der Waals surface area contributed by atoms with Crippen molar-refractivity contribution in [2.45, 2.75) is 6.37 Å². The summed E-state index contributed by atoms with van der Waals surface area (Å²) < 4.78 is 58.4. The summed E-state index contributed by atoms with van der Waals surface area (Å²) in [5, 5.41) is 0. The van der Waals surface area contributed by atoms with Gasteiger partial charge in [0.05, 0.1) is 8.22 Å². The van der Waals surface area contributed by atoms with Gasteiger partial charge < -0.3 is 0 Å². The predicted molar refractivity (Wildman–Crippen MR) is 32.0 cm³/mol. The number of allylic oxidation sites excluding steroid dienone is 6. The molecule has 0 atom stereocenters. The summed E-state index contributed by atoms with van der Waals surface area (Å²) in [6.45, 7) is 0. The van der Waals surface area contributed by atoms with Crippen LogP contribution in [0.25, 0.3) is 0 Å². The second-order valence-corrected chi connectivity index (χ2v) is 0.875. The van der Waals surface area contributed by atoms with Crippen molar-refractivity contribution in [1.82, 2.24) is 0 Å². The summed E-state index contributed by atoms with van der Waals surface area (Å²) in [6, 6.07) is -4.62. The van der Waals surface area contributed by atoms with Gasteiger partial charge in [0.1, 0.15) is 0 Å². The van der Waals surface area contributed by atoms with E-state index in [1.165, 1.54) is 0 Å². The standard InChI is InChI=1S/C7H8/c1-2-4-6-7-5-3-1/h1-6H,7H2/i1D,2D,3D,4D,5D,6D,7D2. The van der Waals surface area contributed by atoms with Crippen LogP contribution in [0.2, 0.25) is 0 Å². The highest BCUT2D eigenvalue weighted by atomic mass is 13.8. The van der Waals surface area contributed by atoms with Gasteiger partial charge in [-0.2, -0.15) is 0 Å². The van der Waals surface area contributed by atoms with Gasteiger partial charge >= 0.3 is 0 Å². The molecule has 1 aliphatic rings. The summed E-state index contributed by atoms with van der Waals surface area (Å²) in [5.74, 6) is 0. The van der Waals surface area contributed by atoms with E-state index in [1.807, 2.05) is 0 Å². The van der Waals surface area contributed by atoms with Gasteiger partial charge in [-0.3, -0.25) is 0 Å². The monoisotopic (exact) mass is 100 g/mol. The van der Waals surface area contributed by atoms with Gasteiger partial charge in [-0.15, -0.1) is 0 Å². The van der Waals surface area contributed by atoms with Gasteiger partial charge in [0.15, 0.2) is 0 Å². The first-order valence-corrected chi connectivity index (χ1v) is 1.75. The summed E-state index contributed by atoms with van der Waals surface area (Å²) in [4.78, 5) is 0. The van der Waals surface area contributed by atoms with Crippen LogP contribution in [0.15, 0.2) is 36.3 Å². The Balaban J connectivity index is 3.61. The molecule has 0 saturated heterocycles. The normalized spacial score (nSPS) is 49.1. The molecule has 0 aromatic carbocycles. The second-order valence-electron chi connectivity index (χ2n) is 0.875. The lowest BCUT2D eigenvalue weighted by atomic mass is 10.4. The molecule has 36 valence electrons. The van der Waals surface area contributed by atoms with Crippen LogP contribution < -0.4 is 0 Å². The SMILES string of the molecule is [2H]C1=C([2H])C([2H])=C([2H])C([2H])([2H])C([2H])=C1[2H]. The first-order chi connectivity index (χ1) is 6.71. The topological polar surface area (TPSA) is 0 Å². The van der Waals surface area contributed by atoms with Crippen molar-refractivity contribution in [3.8, 4) is 0 Å². The Hall–Kier alpha value is -0.780. The van der Waals surface area contributed by atoms with E-state index in [9.17, 15) is 0 Å². The summed E-state index contributed by atoms with van der Waals surface area (Å²) in [7, 11) is 0. The fourth-order valence-electron chi connectivity index (χ4n) is 0.219. The molecular weight excluding hydrogens is 84.1 g/mol. The highest BCUT2D eigenvalue weighted by Crippen LogP contribution is 1.91. The zero-order chi connectivity index (χ0) is 12.0. The minimum Gasteiger partial charge on any atom is -0.0807 e. The maximum Gasteiger partial charge on any atom is 0.0623 e. The predicted octanol–water partition coefficient (Wildman–Crippen LogP) is 2.06. The van der Waals surface area contributed by atoms with Crippen molar-refractivity contribution < 1.29 is 11.0 Å². The number of hydrogen-bond acceptors (Lipinski definition) is 0. The lowest BCUT2D eigenvalue weighted by Crippen LogP contribution is -1.48. The summed E-state index contributed by atoms with van der Waals surface area (Å²) in [6.07, 6.45) is -2.58. The molecule has 0 aromatic rings.